The first-order chi connectivity index (χ1) is 30.0. The van der Waals surface area contributed by atoms with E-state index in [1.165, 1.54) is 180 Å². The van der Waals surface area contributed by atoms with Crippen molar-refractivity contribution in [3.05, 3.63) is 36.5 Å². The van der Waals surface area contributed by atoms with Crippen LogP contribution in [0.3, 0.4) is 0 Å². The molecule has 0 aliphatic heterocycles. The highest BCUT2D eigenvalue weighted by Crippen LogP contribution is 2.43. The molecular formula is C53H104N2O6P+. The highest BCUT2D eigenvalue weighted by Gasteiger charge is 2.27. The molecule has 0 radical (unpaired) electrons. The summed E-state index contributed by atoms with van der Waals surface area (Å²) in [6.45, 7) is 4.75. The first-order valence-electron chi connectivity index (χ1n) is 26.4. The normalized spacial score (nSPS) is 14.4. The van der Waals surface area contributed by atoms with E-state index in [1.54, 1.807) is 6.08 Å². The Morgan fingerprint density at radius 3 is 1.32 bits per heavy atom. The fourth-order valence-corrected chi connectivity index (χ4v) is 8.40. The third-order valence-corrected chi connectivity index (χ3v) is 12.8. The van der Waals surface area contributed by atoms with Crippen molar-refractivity contribution >= 4 is 13.7 Å². The van der Waals surface area contributed by atoms with Crippen molar-refractivity contribution in [2.45, 2.75) is 257 Å². The molecule has 0 fully saturated rings. The second-order valence-corrected chi connectivity index (χ2v) is 20.7. The summed E-state index contributed by atoms with van der Waals surface area (Å²) in [5.41, 5.74) is 0. The number of phosphoric ester groups is 1. The van der Waals surface area contributed by atoms with Gasteiger partial charge in [0.15, 0.2) is 0 Å². The van der Waals surface area contributed by atoms with Gasteiger partial charge in [0.05, 0.1) is 39.9 Å². The van der Waals surface area contributed by atoms with Crippen LogP contribution in [0.25, 0.3) is 0 Å². The van der Waals surface area contributed by atoms with Crippen LogP contribution in [0.2, 0.25) is 0 Å². The van der Waals surface area contributed by atoms with Gasteiger partial charge in [0.25, 0.3) is 0 Å². The van der Waals surface area contributed by atoms with Crippen molar-refractivity contribution in [1.29, 1.82) is 0 Å². The van der Waals surface area contributed by atoms with E-state index in [0.29, 0.717) is 17.4 Å². The molecule has 0 aromatic carbocycles. The zero-order chi connectivity index (χ0) is 45.7. The molecule has 1 amide bonds. The molecule has 3 atom stereocenters. The predicted molar refractivity (Wildman–Crippen MR) is 268 cm³/mol. The van der Waals surface area contributed by atoms with Crippen molar-refractivity contribution in [3.8, 4) is 0 Å². The molecule has 0 saturated carbocycles. The molecule has 62 heavy (non-hydrogen) atoms. The van der Waals surface area contributed by atoms with E-state index in [9.17, 15) is 19.4 Å². The number of rotatable bonds is 48. The topological polar surface area (TPSA) is 105 Å². The minimum Gasteiger partial charge on any atom is -0.387 e. The van der Waals surface area contributed by atoms with Crippen molar-refractivity contribution in [1.82, 2.24) is 5.32 Å². The summed E-state index contributed by atoms with van der Waals surface area (Å²) in [7, 11) is 1.57. The zero-order valence-corrected chi connectivity index (χ0v) is 42.5. The van der Waals surface area contributed by atoms with Gasteiger partial charge in [-0.3, -0.25) is 13.8 Å². The van der Waals surface area contributed by atoms with Gasteiger partial charge < -0.3 is 19.8 Å². The number of carbonyl (C=O) groups excluding carboxylic acids is 1. The van der Waals surface area contributed by atoms with Crippen LogP contribution in [-0.2, 0) is 18.4 Å². The molecule has 9 heteroatoms. The number of nitrogens with one attached hydrogen (secondary N) is 1. The quantitative estimate of drug-likeness (QED) is 0.0243. The van der Waals surface area contributed by atoms with Crippen LogP contribution in [0.15, 0.2) is 36.5 Å². The third kappa shape index (κ3) is 46.7. The van der Waals surface area contributed by atoms with E-state index in [0.717, 1.165) is 44.9 Å². The van der Waals surface area contributed by atoms with Crippen LogP contribution >= 0.6 is 7.82 Å². The van der Waals surface area contributed by atoms with Crippen molar-refractivity contribution < 1.29 is 32.9 Å². The lowest BCUT2D eigenvalue weighted by atomic mass is 10.0. The molecule has 3 unspecified atom stereocenters. The number of likely N-dealkylation sites (N-methyl/N-ethyl adjacent to an activating group) is 1. The van der Waals surface area contributed by atoms with Gasteiger partial charge in [-0.25, -0.2) is 4.57 Å². The van der Waals surface area contributed by atoms with E-state index in [-0.39, 0.29) is 19.1 Å². The first kappa shape index (κ1) is 60.7. The van der Waals surface area contributed by atoms with Crippen LogP contribution in [0, 0.1) is 0 Å². The largest absolute Gasteiger partial charge is 0.472 e. The number of hydrogen-bond donors (Lipinski definition) is 3. The predicted octanol–water partition coefficient (Wildman–Crippen LogP) is 15.4. The maximum atomic E-state index is 12.8. The Kier molecular flexibility index (Phi) is 44.0. The Morgan fingerprint density at radius 2 is 0.919 bits per heavy atom. The van der Waals surface area contributed by atoms with Gasteiger partial charge in [-0.1, -0.05) is 224 Å². The minimum absolute atomic E-state index is 0.0623. The first-order valence-corrected chi connectivity index (χ1v) is 27.9. The summed E-state index contributed by atoms with van der Waals surface area (Å²) in [5.74, 6) is -0.179. The summed E-state index contributed by atoms with van der Waals surface area (Å²) in [6.07, 6.45) is 57.1. The minimum atomic E-state index is -4.33. The molecule has 0 heterocycles. The SMILES string of the molecule is CCCCCCC/C=C\C/C=C\CCCCCCCCCCCCCCCCCCCCCCCC(=O)NC(COP(=O)(O)OCC[N+](C)(C)C)C(O)/C=C/CCCCCCC. The number of aliphatic hydroxyl groups excluding tert-OH is 1. The molecule has 0 aliphatic rings. The maximum absolute atomic E-state index is 12.8. The van der Waals surface area contributed by atoms with Crippen LogP contribution in [0.4, 0.5) is 0 Å². The summed E-state index contributed by atoms with van der Waals surface area (Å²) >= 11 is 0. The van der Waals surface area contributed by atoms with E-state index in [1.807, 2.05) is 27.2 Å². The molecule has 0 aromatic rings. The number of nitrogens with zero attached hydrogens (tertiary/aromatic N) is 1. The van der Waals surface area contributed by atoms with Gasteiger partial charge in [0.1, 0.15) is 13.2 Å². The molecule has 0 bridgehead atoms. The van der Waals surface area contributed by atoms with E-state index >= 15 is 0 Å². The smallest absolute Gasteiger partial charge is 0.387 e. The number of allylic oxidation sites excluding steroid dienone is 5. The Hall–Kier alpha value is -1.28. The maximum Gasteiger partial charge on any atom is 0.472 e. The molecule has 0 aromatic heterocycles. The second-order valence-electron chi connectivity index (χ2n) is 19.3. The molecule has 0 spiro atoms. The summed E-state index contributed by atoms with van der Waals surface area (Å²) < 4.78 is 23.5. The summed E-state index contributed by atoms with van der Waals surface area (Å²) in [4.78, 5) is 23.1. The van der Waals surface area contributed by atoms with Crippen LogP contribution < -0.4 is 5.32 Å². The van der Waals surface area contributed by atoms with E-state index in [2.05, 4.69) is 43.5 Å². The van der Waals surface area contributed by atoms with Crippen molar-refractivity contribution in [2.24, 2.45) is 0 Å². The Bertz CT molecular complexity index is 1110. The fourth-order valence-electron chi connectivity index (χ4n) is 7.66. The monoisotopic (exact) mass is 896 g/mol. The number of hydrogen-bond acceptors (Lipinski definition) is 5. The Balaban J connectivity index is 3.85. The zero-order valence-electron chi connectivity index (χ0n) is 41.6. The van der Waals surface area contributed by atoms with Gasteiger partial charge >= 0.3 is 7.82 Å². The Labute approximate surface area is 385 Å². The highest BCUT2D eigenvalue weighted by atomic mass is 31.2. The van der Waals surface area contributed by atoms with Gasteiger partial charge in [-0.2, -0.15) is 0 Å². The molecule has 0 rings (SSSR count). The molecule has 3 N–H and O–H groups in total. The third-order valence-electron chi connectivity index (χ3n) is 11.9. The Morgan fingerprint density at radius 1 is 0.548 bits per heavy atom. The van der Waals surface area contributed by atoms with E-state index in [4.69, 9.17) is 9.05 Å². The lowest BCUT2D eigenvalue weighted by Gasteiger charge is -2.25. The van der Waals surface area contributed by atoms with Crippen molar-refractivity contribution in [3.63, 3.8) is 0 Å². The number of unbranched alkanes of at least 4 members (excludes halogenated alkanes) is 31. The lowest BCUT2D eigenvalue weighted by Crippen LogP contribution is -2.45. The number of quaternary nitrogens is 1. The van der Waals surface area contributed by atoms with Crippen LogP contribution in [0.1, 0.15) is 245 Å². The van der Waals surface area contributed by atoms with Gasteiger partial charge in [-0.05, 0) is 51.4 Å². The van der Waals surface area contributed by atoms with Gasteiger partial charge in [0, 0.05) is 6.42 Å². The molecular weight excluding hydrogens is 792 g/mol. The fraction of sp³-hybridized carbons (Fsp3) is 0.868. The standard InChI is InChI=1S/C53H103N2O6P/c1-6-8-10-12-14-15-16-17-18-19-20-21-22-23-24-25-26-27-28-29-30-31-32-33-34-35-36-37-38-39-41-43-45-47-53(57)54-51(52(56)46-44-42-40-13-11-9-7-2)50-61-62(58,59)60-49-48-55(3,4)5/h16-17,19-20,44,46,51-52,56H,6-15,18,21-43,45,47-50H2,1-5H3,(H-,54,57,58,59)/p+1/b17-16-,20-19-,46-44+. The van der Waals surface area contributed by atoms with Gasteiger partial charge in [0.2, 0.25) is 5.91 Å². The lowest BCUT2D eigenvalue weighted by molar-refractivity contribution is -0.870. The summed E-state index contributed by atoms with van der Waals surface area (Å²) in [5, 5.41) is 13.7. The molecule has 8 nitrogen and oxygen atoms in total. The van der Waals surface area contributed by atoms with Crippen molar-refractivity contribution in [2.75, 3.05) is 40.9 Å². The average molecular weight is 896 g/mol. The van der Waals surface area contributed by atoms with Crippen LogP contribution in [0.5, 0.6) is 0 Å². The number of carbonyl (C=O) groups is 1. The number of amides is 1. The van der Waals surface area contributed by atoms with Crippen LogP contribution in [-0.4, -0.2) is 73.4 Å². The van der Waals surface area contributed by atoms with E-state index < -0.39 is 20.0 Å². The summed E-state index contributed by atoms with van der Waals surface area (Å²) in [6, 6.07) is -0.841. The molecule has 366 valence electrons. The highest BCUT2D eigenvalue weighted by molar-refractivity contribution is 7.47. The number of phosphoric acid groups is 1. The van der Waals surface area contributed by atoms with Gasteiger partial charge in [-0.15, -0.1) is 0 Å². The molecule has 0 saturated heterocycles. The molecule has 0 aliphatic carbocycles. The second kappa shape index (κ2) is 44.9. The number of aliphatic hydroxyl groups is 1. The average Bonchev–Trinajstić information content (AvgIpc) is 3.23.